The van der Waals surface area contributed by atoms with Crippen molar-refractivity contribution in [2.75, 3.05) is 4.72 Å². The van der Waals surface area contributed by atoms with E-state index >= 15 is 0 Å². The van der Waals surface area contributed by atoms with Crippen LogP contribution in [0.2, 0.25) is 5.02 Å². The molecule has 5 nitrogen and oxygen atoms in total. The minimum Gasteiger partial charge on any atom is -0.270 e. The van der Waals surface area contributed by atoms with E-state index in [1.54, 1.807) is 13.8 Å². The van der Waals surface area contributed by atoms with Crippen LogP contribution in [-0.4, -0.2) is 14.5 Å². The lowest BCUT2D eigenvalue weighted by Crippen LogP contribution is -2.35. The minimum atomic E-state index is -3.69. The summed E-state index contributed by atoms with van der Waals surface area (Å²) in [5.74, 6) is 0. The molecule has 0 aliphatic rings. The van der Waals surface area contributed by atoms with Crippen LogP contribution >= 0.6 is 11.6 Å². The summed E-state index contributed by atoms with van der Waals surface area (Å²) < 4.78 is 27.8. The fourth-order valence-corrected chi connectivity index (χ4v) is 2.49. The zero-order valence-electron chi connectivity index (χ0n) is 9.36. The summed E-state index contributed by atoms with van der Waals surface area (Å²) in [6.45, 7) is 3.39. The molecule has 0 spiro atoms. The van der Waals surface area contributed by atoms with E-state index in [0.717, 1.165) is 0 Å². The zero-order chi connectivity index (χ0) is 13.1. The van der Waals surface area contributed by atoms with Crippen molar-refractivity contribution in [2.45, 2.75) is 19.9 Å². The van der Waals surface area contributed by atoms with E-state index < -0.39 is 10.2 Å². The molecule has 17 heavy (non-hydrogen) atoms. The van der Waals surface area contributed by atoms with Crippen LogP contribution in [0.5, 0.6) is 0 Å². The van der Waals surface area contributed by atoms with E-state index in [9.17, 15) is 8.42 Å². The third kappa shape index (κ3) is 4.23. The van der Waals surface area contributed by atoms with Crippen molar-refractivity contribution in [1.29, 1.82) is 5.26 Å². The number of nitrogens with one attached hydrogen (secondary N) is 2. The van der Waals surface area contributed by atoms with E-state index in [4.69, 9.17) is 16.9 Å². The maximum absolute atomic E-state index is 11.6. The summed E-state index contributed by atoms with van der Waals surface area (Å²) in [6.07, 6.45) is 0. The monoisotopic (exact) mass is 273 g/mol. The van der Waals surface area contributed by atoms with E-state index in [1.807, 2.05) is 6.07 Å². The Kier molecular flexibility index (Phi) is 4.34. The highest BCUT2D eigenvalue weighted by atomic mass is 35.5. The lowest BCUT2D eigenvalue weighted by molar-refractivity contribution is 0.575. The third-order valence-corrected chi connectivity index (χ3v) is 3.24. The summed E-state index contributed by atoms with van der Waals surface area (Å²) in [7, 11) is -3.69. The second-order valence-electron chi connectivity index (χ2n) is 3.68. The van der Waals surface area contributed by atoms with Crippen LogP contribution in [0.25, 0.3) is 0 Å². The van der Waals surface area contributed by atoms with E-state index in [0.29, 0.717) is 5.02 Å². The van der Waals surface area contributed by atoms with Crippen LogP contribution in [-0.2, 0) is 10.2 Å². The standard InChI is InChI=1S/C10H12ClN3O2S/c1-7(2)13-17(15,16)14-10-5-9(11)4-3-8(10)6-12/h3-5,7,13-14H,1-2H3. The summed E-state index contributed by atoms with van der Waals surface area (Å²) >= 11 is 5.74. The van der Waals surface area contributed by atoms with Crippen molar-refractivity contribution in [3.05, 3.63) is 28.8 Å². The number of nitriles is 1. The SMILES string of the molecule is CC(C)NS(=O)(=O)Nc1cc(Cl)ccc1C#N. The molecule has 0 saturated carbocycles. The molecule has 0 aromatic heterocycles. The molecule has 1 aromatic rings. The first kappa shape index (κ1) is 13.8. The van der Waals surface area contributed by atoms with Gasteiger partial charge < -0.3 is 0 Å². The maximum Gasteiger partial charge on any atom is 0.299 e. The van der Waals surface area contributed by atoms with Gasteiger partial charge in [0, 0.05) is 11.1 Å². The first-order valence-electron chi connectivity index (χ1n) is 4.84. The lowest BCUT2D eigenvalue weighted by Gasteiger charge is -2.12. The van der Waals surface area contributed by atoms with Gasteiger partial charge in [-0.1, -0.05) is 11.6 Å². The number of anilines is 1. The van der Waals surface area contributed by atoms with Gasteiger partial charge in [-0.25, -0.2) is 0 Å². The molecule has 7 heteroatoms. The summed E-state index contributed by atoms with van der Waals surface area (Å²) in [5.41, 5.74) is 0.372. The molecule has 0 fully saturated rings. The average molecular weight is 274 g/mol. The molecule has 0 bridgehead atoms. The third-order valence-electron chi connectivity index (χ3n) is 1.74. The van der Waals surface area contributed by atoms with Crippen LogP contribution in [0, 0.1) is 11.3 Å². The predicted molar refractivity (Wildman–Crippen MR) is 67.0 cm³/mol. The molecule has 0 aliphatic heterocycles. The van der Waals surface area contributed by atoms with E-state index in [-0.39, 0.29) is 17.3 Å². The highest BCUT2D eigenvalue weighted by molar-refractivity contribution is 7.90. The number of halogens is 1. The highest BCUT2D eigenvalue weighted by Gasteiger charge is 2.14. The van der Waals surface area contributed by atoms with Crippen molar-refractivity contribution in [3.63, 3.8) is 0 Å². The Labute approximate surface area is 106 Å². The number of benzene rings is 1. The van der Waals surface area contributed by atoms with Crippen LogP contribution in [0.3, 0.4) is 0 Å². The van der Waals surface area contributed by atoms with E-state index in [1.165, 1.54) is 18.2 Å². The van der Waals surface area contributed by atoms with Gasteiger partial charge in [0.25, 0.3) is 10.2 Å². The molecular formula is C10H12ClN3O2S. The Balaban J connectivity index is 3.03. The van der Waals surface area contributed by atoms with Gasteiger partial charge in [-0.2, -0.15) is 18.4 Å². The van der Waals surface area contributed by atoms with Gasteiger partial charge in [0.2, 0.25) is 0 Å². The number of rotatable bonds is 4. The quantitative estimate of drug-likeness (QED) is 0.878. The van der Waals surface area contributed by atoms with Gasteiger partial charge >= 0.3 is 0 Å². The van der Waals surface area contributed by atoms with Crippen molar-refractivity contribution >= 4 is 27.5 Å². The normalized spacial score (nSPS) is 11.2. The molecule has 1 aromatic carbocycles. The molecule has 0 heterocycles. The van der Waals surface area contributed by atoms with Gasteiger partial charge in [0.1, 0.15) is 6.07 Å². The van der Waals surface area contributed by atoms with Gasteiger partial charge in [-0.3, -0.25) is 4.72 Å². The van der Waals surface area contributed by atoms with Crippen molar-refractivity contribution in [2.24, 2.45) is 0 Å². The predicted octanol–water partition coefficient (Wildman–Crippen LogP) is 1.87. The first-order chi connectivity index (χ1) is 7.84. The smallest absolute Gasteiger partial charge is 0.270 e. The second-order valence-corrected chi connectivity index (χ2v) is 5.56. The molecule has 0 atom stereocenters. The number of hydrogen-bond acceptors (Lipinski definition) is 3. The van der Waals surface area contributed by atoms with Crippen LogP contribution < -0.4 is 9.44 Å². The van der Waals surface area contributed by atoms with Crippen molar-refractivity contribution < 1.29 is 8.42 Å². The van der Waals surface area contributed by atoms with E-state index in [2.05, 4.69) is 9.44 Å². The zero-order valence-corrected chi connectivity index (χ0v) is 10.9. The lowest BCUT2D eigenvalue weighted by atomic mass is 10.2. The Morgan fingerprint density at radius 2 is 2.06 bits per heavy atom. The molecule has 1 rings (SSSR count). The minimum absolute atomic E-state index is 0.160. The molecule has 2 N–H and O–H groups in total. The molecule has 0 amide bonds. The molecule has 0 radical (unpaired) electrons. The van der Waals surface area contributed by atoms with Gasteiger partial charge in [0.15, 0.2) is 0 Å². The highest BCUT2D eigenvalue weighted by Crippen LogP contribution is 2.21. The van der Waals surface area contributed by atoms with Gasteiger partial charge in [-0.15, -0.1) is 0 Å². The van der Waals surface area contributed by atoms with Crippen LogP contribution in [0.4, 0.5) is 5.69 Å². The average Bonchev–Trinajstić information content (AvgIpc) is 2.14. The fourth-order valence-electron chi connectivity index (χ4n) is 1.18. The largest absolute Gasteiger partial charge is 0.299 e. The second kappa shape index (κ2) is 5.36. The molecule has 0 saturated heterocycles. The van der Waals surface area contributed by atoms with Gasteiger partial charge in [-0.05, 0) is 32.0 Å². The Morgan fingerprint density at radius 3 is 2.59 bits per heavy atom. The van der Waals surface area contributed by atoms with Crippen molar-refractivity contribution in [1.82, 2.24) is 4.72 Å². The Hall–Kier alpha value is -1.29. The Morgan fingerprint density at radius 1 is 1.41 bits per heavy atom. The summed E-state index contributed by atoms with van der Waals surface area (Å²) in [6, 6.07) is 6.01. The van der Waals surface area contributed by atoms with Crippen molar-refractivity contribution in [3.8, 4) is 6.07 Å². The molecule has 0 unspecified atom stereocenters. The number of hydrogen-bond donors (Lipinski definition) is 2. The topological polar surface area (TPSA) is 82.0 Å². The molecule has 92 valence electrons. The Bertz CT molecular complexity index is 549. The van der Waals surface area contributed by atoms with Gasteiger partial charge in [0.05, 0.1) is 11.3 Å². The molecular weight excluding hydrogens is 262 g/mol. The summed E-state index contributed by atoms with van der Waals surface area (Å²) in [5, 5.41) is 9.19. The number of nitrogens with zero attached hydrogens (tertiary/aromatic N) is 1. The van der Waals surface area contributed by atoms with Crippen LogP contribution in [0.1, 0.15) is 19.4 Å². The molecule has 0 aliphatic carbocycles. The maximum atomic E-state index is 11.6. The van der Waals surface area contributed by atoms with Crippen LogP contribution in [0.15, 0.2) is 18.2 Å². The fraction of sp³-hybridized carbons (Fsp3) is 0.300. The first-order valence-corrected chi connectivity index (χ1v) is 6.70. The summed E-state index contributed by atoms with van der Waals surface area (Å²) in [4.78, 5) is 0.